The third-order valence-electron chi connectivity index (χ3n) is 6.30. The van der Waals surface area contributed by atoms with Crippen LogP contribution >= 0.6 is 23.2 Å². The maximum Gasteiger partial charge on any atom is 0.241 e. The number of likely N-dealkylation sites (tertiary alicyclic amines) is 1. The molecule has 8 nitrogen and oxygen atoms in total. The first-order valence-electron chi connectivity index (χ1n) is 12.6. The number of ether oxygens (including phenoxy) is 2. The van der Waals surface area contributed by atoms with Crippen LogP contribution in [-0.2, 0) is 11.3 Å². The largest absolute Gasteiger partial charge is 0.490 e. The Hall–Kier alpha value is -2.81. The molecule has 2 aromatic carbocycles. The topological polar surface area (TPSA) is 89.7 Å². The van der Waals surface area contributed by atoms with Crippen molar-refractivity contribution in [2.24, 2.45) is 5.92 Å². The zero-order valence-corrected chi connectivity index (χ0v) is 22.8. The van der Waals surface area contributed by atoms with Crippen LogP contribution < -0.4 is 14.8 Å². The van der Waals surface area contributed by atoms with Crippen molar-refractivity contribution in [2.45, 2.75) is 46.2 Å². The van der Waals surface area contributed by atoms with Gasteiger partial charge in [0.15, 0.2) is 11.5 Å². The van der Waals surface area contributed by atoms with Gasteiger partial charge in [-0.2, -0.15) is 4.98 Å². The van der Waals surface area contributed by atoms with E-state index < -0.39 is 0 Å². The van der Waals surface area contributed by atoms with Gasteiger partial charge in [-0.1, -0.05) is 34.4 Å². The fourth-order valence-electron chi connectivity index (χ4n) is 4.46. The van der Waals surface area contributed by atoms with E-state index >= 15 is 0 Å². The zero-order chi connectivity index (χ0) is 26.4. The predicted molar refractivity (Wildman–Crippen MR) is 143 cm³/mol. The molecule has 0 radical (unpaired) electrons. The Morgan fingerprint density at radius 2 is 1.95 bits per heavy atom. The first-order valence-corrected chi connectivity index (χ1v) is 13.3. The number of rotatable bonds is 10. The first kappa shape index (κ1) is 27.2. The highest BCUT2D eigenvalue weighted by Gasteiger charge is 2.28. The lowest BCUT2D eigenvalue weighted by molar-refractivity contribution is -0.127. The van der Waals surface area contributed by atoms with E-state index in [1.807, 2.05) is 39.0 Å². The summed E-state index contributed by atoms with van der Waals surface area (Å²) in [4.78, 5) is 19.8. The Labute approximate surface area is 227 Å². The Morgan fingerprint density at radius 1 is 1.16 bits per heavy atom. The van der Waals surface area contributed by atoms with Gasteiger partial charge in [-0.05, 0) is 76.1 Å². The quantitative estimate of drug-likeness (QED) is 0.337. The van der Waals surface area contributed by atoms with Gasteiger partial charge in [0.2, 0.25) is 17.6 Å². The number of aromatic nitrogens is 2. The lowest BCUT2D eigenvalue weighted by atomic mass is 9.96. The van der Waals surface area contributed by atoms with Crippen LogP contribution in [-0.4, -0.2) is 47.3 Å². The predicted octanol–water partition coefficient (Wildman–Crippen LogP) is 5.93. The highest BCUT2D eigenvalue weighted by Crippen LogP contribution is 2.31. The highest BCUT2D eigenvalue weighted by molar-refractivity contribution is 6.36. The van der Waals surface area contributed by atoms with Crippen molar-refractivity contribution in [1.29, 1.82) is 0 Å². The Balaban J connectivity index is 1.36. The molecule has 1 saturated heterocycles. The number of piperidine rings is 1. The molecule has 4 rings (SSSR count). The molecule has 1 aromatic heterocycles. The molecule has 1 N–H and O–H groups in total. The van der Waals surface area contributed by atoms with E-state index in [1.54, 1.807) is 18.2 Å². The third kappa shape index (κ3) is 6.94. The highest BCUT2D eigenvalue weighted by atomic mass is 35.5. The molecule has 1 amide bonds. The molecule has 3 aromatic rings. The van der Waals surface area contributed by atoms with Gasteiger partial charge in [0.05, 0.1) is 36.7 Å². The Morgan fingerprint density at radius 3 is 2.70 bits per heavy atom. The number of amides is 1. The molecule has 2 heterocycles. The normalized spacial score (nSPS) is 16.8. The molecular weight excluding hydrogens is 515 g/mol. The van der Waals surface area contributed by atoms with E-state index in [9.17, 15) is 4.79 Å². The monoisotopic (exact) mass is 546 g/mol. The smallest absolute Gasteiger partial charge is 0.241 e. The number of carbonyl (C=O) groups excluding carboxylic acids is 1. The van der Waals surface area contributed by atoms with Gasteiger partial charge in [-0.3, -0.25) is 9.69 Å². The van der Waals surface area contributed by atoms with Crippen LogP contribution in [0.4, 0.5) is 0 Å². The van der Waals surface area contributed by atoms with Gasteiger partial charge in [-0.15, -0.1) is 0 Å². The summed E-state index contributed by atoms with van der Waals surface area (Å²) in [5.74, 6) is 2.19. The molecule has 2 atom stereocenters. The second kappa shape index (κ2) is 12.6. The van der Waals surface area contributed by atoms with Crippen molar-refractivity contribution < 1.29 is 18.8 Å². The van der Waals surface area contributed by atoms with E-state index in [2.05, 4.69) is 20.4 Å². The van der Waals surface area contributed by atoms with E-state index in [4.69, 9.17) is 37.2 Å². The molecular formula is C27H32Cl2N4O4. The van der Waals surface area contributed by atoms with Crippen molar-refractivity contribution >= 4 is 29.1 Å². The van der Waals surface area contributed by atoms with Crippen LogP contribution in [0.1, 0.15) is 51.1 Å². The van der Waals surface area contributed by atoms with Gasteiger partial charge in [-0.25, -0.2) is 0 Å². The van der Waals surface area contributed by atoms with E-state index in [0.29, 0.717) is 65.1 Å². The molecule has 0 bridgehead atoms. The molecule has 1 fully saturated rings. The number of benzene rings is 2. The maximum atomic E-state index is 13.1. The minimum Gasteiger partial charge on any atom is -0.490 e. The molecule has 10 heteroatoms. The Bertz CT molecular complexity index is 1220. The van der Waals surface area contributed by atoms with Crippen LogP contribution in [0, 0.1) is 5.92 Å². The lowest BCUT2D eigenvalue weighted by Gasteiger charge is -2.31. The number of hydrogen-bond acceptors (Lipinski definition) is 7. The summed E-state index contributed by atoms with van der Waals surface area (Å²) in [6.45, 7) is 8.89. The average Bonchev–Trinajstić information content (AvgIpc) is 3.33. The fourth-order valence-corrected chi connectivity index (χ4v) is 4.95. The standard InChI is InChI=1S/C27H32Cl2N4O4/c1-4-35-23-11-8-18(13-24(23)36-5-2)17(3)30-27(34)19-7-6-12-33(15-19)16-25-31-26(32-37-25)21-10-9-20(28)14-22(21)29/h8-11,13-14,17,19H,4-7,12,15-16H2,1-3H3,(H,30,34). The molecule has 1 aliphatic heterocycles. The van der Waals surface area contributed by atoms with E-state index in [0.717, 1.165) is 24.9 Å². The maximum absolute atomic E-state index is 13.1. The van der Waals surface area contributed by atoms with Crippen molar-refractivity contribution in [1.82, 2.24) is 20.4 Å². The number of nitrogens with one attached hydrogen (secondary N) is 1. The third-order valence-corrected chi connectivity index (χ3v) is 6.85. The molecule has 2 unspecified atom stereocenters. The SMILES string of the molecule is CCOc1ccc(C(C)NC(=O)C2CCCN(Cc3nc(-c4ccc(Cl)cc4Cl)no3)C2)cc1OCC. The summed E-state index contributed by atoms with van der Waals surface area (Å²) < 4.78 is 16.9. The van der Waals surface area contributed by atoms with Gasteiger partial charge in [0, 0.05) is 17.1 Å². The summed E-state index contributed by atoms with van der Waals surface area (Å²) in [6.07, 6.45) is 1.74. The molecule has 0 saturated carbocycles. The second-order valence-electron chi connectivity index (χ2n) is 9.01. The van der Waals surface area contributed by atoms with Crippen LogP contribution in [0.3, 0.4) is 0 Å². The Kier molecular flexibility index (Phi) is 9.29. The summed E-state index contributed by atoms with van der Waals surface area (Å²) in [5.41, 5.74) is 1.62. The molecule has 0 aliphatic carbocycles. The molecule has 37 heavy (non-hydrogen) atoms. The minimum absolute atomic E-state index is 0.0307. The van der Waals surface area contributed by atoms with Crippen molar-refractivity contribution in [3.05, 3.63) is 57.9 Å². The van der Waals surface area contributed by atoms with Crippen molar-refractivity contribution in [3.8, 4) is 22.9 Å². The van der Waals surface area contributed by atoms with Gasteiger partial charge < -0.3 is 19.3 Å². The summed E-state index contributed by atoms with van der Waals surface area (Å²) in [6, 6.07) is 10.8. The van der Waals surface area contributed by atoms with Crippen LogP contribution in [0.2, 0.25) is 10.0 Å². The van der Waals surface area contributed by atoms with Crippen LogP contribution in [0.5, 0.6) is 11.5 Å². The minimum atomic E-state index is -0.166. The summed E-state index contributed by atoms with van der Waals surface area (Å²) in [7, 11) is 0. The second-order valence-corrected chi connectivity index (χ2v) is 9.86. The van der Waals surface area contributed by atoms with Gasteiger partial charge in [0.1, 0.15) is 0 Å². The van der Waals surface area contributed by atoms with Crippen molar-refractivity contribution in [3.63, 3.8) is 0 Å². The fraction of sp³-hybridized carbons (Fsp3) is 0.444. The molecule has 1 aliphatic rings. The van der Waals surface area contributed by atoms with Crippen LogP contribution in [0.25, 0.3) is 11.4 Å². The van der Waals surface area contributed by atoms with E-state index in [1.165, 1.54) is 0 Å². The first-order chi connectivity index (χ1) is 17.9. The number of carbonyl (C=O) groups is 1. The molecule has 0 spiro atoms. The number of nitrogens with zero attached hydrogens (tertiary/aromatic N) is 3. The van der Waals surface area contributed by atoms with Gasteiger partial charge >= 0.3 is 0 Å². The average molecular weight is 547 g/mol. The van der Waals surface area contributed by atoms with E-state index in [-0.39, 0.29) is 17.9 Å². The van der Waals surface area contributed by atoms with Gasteiger partial charge in [0.25, 0.3) is 0 Å². The number of hydrogen-bond donors (Lipinski definition) is 1. The van der Waals surface area contributed by atoms with Crippen molar-refractivity contribution in [2.75, 3.05) is 26.3 Å². The zero-order valence-electron chi connectivity index (χ0n) is 21.3. The summed E-state index contributed by atoms with van der Waals surface area (Å²) in [5, 5.41) is 8.24. The summed E-state index contributed by atoms with van der Waals surface area (Å²) >= 11 is 12.3. The van der Waals surface area contributed by atoms with Crippen LogP contribution in [0.15, 0.2) is 40.9 Å². The lowest BCUT2D eigenvalue weighted by Crippen LogP contribution is -2.43. The number of halogens is 2. The molecule has 198 valence electrons.